The summed E-state index contributed by atoms with van der Waals surface area (Å²) >= 11 is 0. The number of rotatable bonds is 25. The van der Waals surface area contributed by atoms with Crippen molar-refractivity contribution in [2.24, 2.45) is 0 Å². The number of hydrogen-bond donors (Lipinski definition) is 1. The fourth-order valence-corrected chi connectivity index (χ4v) is 6.64. The van der Waals surface area contributed by atoms with E-state index in [9.17, 15) is 9.46 Å². The van der Waals surface area contributed by atoms with Gasteiger partial charge in [0.05, 0.1) is 27.7 Å². The van der Waals surface area contributed by atoms with Crippen LogP contribution >= 0.6 is 7.60 Å². The van der Waals surface area contributed by atoms with Crippen LogP contribution in [0, 0.1) is 0 Å². The molecule has 0 rings (SSSR count). The topological polar surface area (TPSA) is 46.5 Å². The highest BCUT2D eigenvalue weighted by Gasteiger charge is 2.41. The summed E-state index contributed by atoms with van der Waals surface area (Å²) in [6, 6.07) is 0. The molecule has 0 fully saturated rings. The molecule has 5 heteroatoms. The van der Waals surface area contributed by atoms with Gasteiger partial charge in [-0.3, -0.25) is 4.57 Å². The van der Waals surface area contributed by atoms with Crippen LogP contribution in [0.1, 0.15) is 142 Å². The van der Waals surface area contributed by atoms with Gasteiger partial charge >= 0.3 is 7.60 Å². The number of hydrogen-bond acceptors (Lipinski definition) is 2. The standard InChI is InChI=1S/C29H60NO3P/c1-6-8-9-10-11-12-13-14-15-16-17-18-19-20-21-22-23-24-25-26-27-28-33-34(31,32)29(7-2)30(3,4)5/h24-25,29H,6-23,26-28H2,1-5H3/p+1/b25-24-. The van der Waals surface area contributed by atoms with Crippen molar-refractivity contribution in [3.8, 4) is 0 Å². The summed E-state index contributed by atoms with van der Waals surface area (Å²) in [6.45, 7) is 4.59. The van der Waals surface area contributed by atoms with Crippen LogP contribution in [0.25, 0.3) is 0 Å². The van der Waals surface area contributed by atoms with Gasteiger partial charge in [0.2, 0.25) is 0 Å². The highest BCUT2D eigenvalue weighted by molar-refractivity contribution is 7.53. The van der Waals surface area contributed by atoms with Crippen molar-refractivity contribution in [1.29, 1.82) is 0 Å². The van der Waals surface area contributed by atoms with E-state index in [4.69, 9.17) is 4.52 Å². The Hall–Kier alpha value is -0.150. The van der Waals surface area contributed by atoms with E-state index < -0.39 is 7.60 Å². The first-order valence-corrected chi connectivity index (χ1v) is 16.3. The Morgan fingerprint density at radius 1 is 0.676 bits per heavy atom. The zero-order chi connectivity index (χ0) is 25.5. The van der Waals surface area contributed by atoms with Crippen molar-refractivity contribution in [2.75, 3.05) is 27.7 Å². The van der Waals surface area contributed by atoms with Gasteiger partial charge in [0.15, 0.2) is 5.78 Å². The van der Waals surface area contributed by atoms with Crippen molar-refractivity contribution in [3.05, 3.63) is 12.2 Å². The van der Waals surface area contributed by atoms with Crippen molar-refractivity contribution < 1.29 is 18.5 Å². The van der Waals surface area contributed by atoms with E-state index in [2.05, 4.69) is 19.1 Å². The van der Waals surface area contributed by atoms with Crippen LogP contribution in [0.5, 0.6) is 0 Å². The first-order valence-electron chi connectivity index (χ1n) is 14.7. The molecule has 0 aliphatic carbocycles. The summed E-state index contributed by atoms with van der Waals surface area (Å²) in [5.74, 6) is -0.363. The highest BCUT2D eigenvalue weighted by Crippen LogP contribution is 2.51. The van der Waals surface area contributed by atoms with E-state index in [0.29, 0.717) is 17.5 Å². The van der Waals surface area contributed by atoms with Crippen LogP contribution in [-0.2, 0) is 9.09 Å². The van der Waals surface area contributed by atoms with Gasteiger partial charge in [-0.1, -0.05) is 122 Å². The highest BCUT2D eigenvalue weighted by atomic mass is 31.2. The minimum atomic E-state index is -3.57. The van der Waals surface area contributed by atoms with Crippen molar-refractivity contribution >= 4 is 7.60 Å². The quantitative estimate of drug-likeness (QED) is 0.0585. The van der Waals surface area contributed by atoms with Crippen molar-refractivity contribution in [1.82, 2.24) is 0 Å². The summed E-state index contributed by atoms with van der Waals surface area (Å²) in [5, 5.41) is 0. The molecule has 4 nitrogen and oxygen atoms in total. The first kappa shape index (κ1) is 33.8. The summed E-state index contributed by atoms with van der Waals surface area (Å²) in [7, 11) is 2.27. The maximum Gasteiger partial charge on any atom is 0.385 e. The molecule has 2 atom stereocenters. The molecule has 0 saturated heterocycles. The van der Waals surface area contributed by atoms with Crippen LogP contribution in [0.3, 0.4) is 0 Å². The Morgan fingerprint density at radius 3 is 1.44 bits per heavy atom. The fourth-order valence-electron chi connectivity index (χ4n) is 4.74. The van der Waals surface area contributed by atoms with Gasteiger partial charge in [0, 0.05) is 6.42 Å². The SMILES string of the molecule is CCCCCCCCCCCCCCCCCC/C=C\CCCOP(=O)(O)C(CC)[N+](C)(C)C. The molecular formula is C29H61NO3P+. The van der Waals surface area contributed by atoms with Gasteiger partial charge in [0.25, 0.3) is 0 Å². The lowest BCUT2D eigenvalue weighted by molar-refractivity contribution is -0.883. The van der Waals surface area contributed by atoms with Crippen LogP contribution < -0.4 is 0 Å². The van der Waals surface area contributed by atoms with E-state index >= 15 is 0 Å². The average molecular weight is 503 g/mol. The van der Waals surface area contributed by atoms with E-state index in [0.717, 1.165) is 19.3 Å². The Balaban J connectivity index is 3.43. The Labute approximate surface area is 214 Å². The number of nitrogens with zero attached hydrogens (tertiary/aromatic N) is 1. The zero-order valence-corrected chi connectivity index (χ0v) is 24.6. The van der Waals surface area contributed by atoms with Crippen LogP contribution in [0.2, 0.25) is 0 Å². The van der Waals surface area contributed by atoms with E-state index in [-0.39, 0.29) is 5.78 Å². The van der Waals surface area contributed by atoms with Gasteiger partial charge in [-0.05, 0) is 25.7 Å². The second-order valence-electron chi connectivity index (χ2n) is 11.1. The maximum absolute atomic E-state index is 12.5. The molecule has 204 valence electrons. The lowest BCUT2D eigenvalue weighted by atomic mass is 10.0. The normalized spacial score (nSPS) is 15.1. The predicted molar refractivity (Wildman–Crippen MR) is 150 cm³/mol. The summed E-state index contributed by atoms with van der Waals surface area (Å²) < 4.78 is 18.4. The third kappa shape index (κ3) is 20.1. The minimum absolute atomic E-state index is 0.355. The third-order valence-corrected chi connectivity index (χ3v) is 9.18. The monoisotopic (exact) mass is 502 g/mol. The fraction of sp³-hybridized carbons (Fsp3) is 0.931. The van der Waals surface area contributed by atoms with E-state index in [1.165, 1.54) is 103 Å². The van der Waals surface area contributed by atoms with Gasteiger partial charge in [-0.2, -0.15) is 0 Å². The summed E-state index contributed by atoms with van der Waals surface area (Å²) in [6.07, 6.45) is 30.5. The smallest absolute Gasteiger partial charge is 0.320 e. The maximum atomic E-state index is 12.5. The third-order valence-electron chi connectivity index (χ3n) is 6.82. The van der Waals surface area contributed by atoms with Gasteiger partial charge in [-0.25, -0.2) is 0 Å². The molecule has 0 aliphatic rings. The molecule has 0 aliphatic heterocycles. The summed E-state index contributed by atoms with van der Waals surface area (Å²) in [4.78, 5) is 10.3. The lowest BCUT2D eigenvalue weighted by Crippen LogP contribution is -2.44. The van der Waals surface area contributed by atoms with Gasteiger partial charge in [-0.15, -0.1) is 0 Å². The molecule has 0 bridgehead atoms. The van der Waals surface area contributed by atoms with Gasteiger partial charge < -0.3 is 13.9 Å². The molecule has 34 heavy (non-hydrogen) atoms. The molecule has 0 saturated carbocycles. The molecular weight excluding hydrogens is 441 g/mol. The largest absolute Gasteiger partial charge is 0.385 e. The number of unbranched alkanes of at least 4 members (excludes halogenated alkanes) is 17. The van der Waals surface area contributed by atoms with Crippen molar-refractivity contribution in [3.63, 3.8) is 0 Å². The number of allylic oxidation sites excluding steroid dienone is 2. The second-order valence-corrected chi connectivity index (χ2v) is 13.1. The average Bonchev–Trinajstić information content (AvgIpc) is 2.76. The van der Waals surface area contributed by atoms with Crippen LogP contribution in [0.4, 0.5) is 0 Å². The molecule has 2 unspecified atom stereocenters. The van der Waals surface area contributed by atoms with Gasteiger partial charge in [0.1, 0.15) is 0 Å². The van der Waals surface area contributed by atoms with E-state index in [1.807, 2.05) is 28.1 Å². The molecule has 1 N–H and O–H groups in total. The Morgan fingerprint density at radius 2 is 1.06 bits per heavy atom. The van der Waals surface area contributed by atoms with Crippen molar-refractivity contribution in [2.45, 2.75) is 148 Å². The minimum Gasteiger partial charge on any atom is -0.320 e. The molecule has 0 radical (unpaired) electrons. The molecule has 0 heterocycles. The lowest BCUT2D eigenvalue weighted by Gasteiger charge is -2.35. The van der Waals surface area contributed by atoms with E-state index in [1.54, 1.807) is 0 Å². The van der Waals surface area contributed by atoms with Crippen LogP contribution in [0.15, 0.2) is 12.2 Å². The Kier molecular flexibility index (Phi) is 22.0. The second kappa shape index (κ2) is 22.1. The number of quaternary nitrogens is 1. The Bertz CT molecular complexity index is 516. The van der Waals surface area contributed by atoms with Crippen LogP contribution in [-0.4, -0.2) is 42.9 Å². The molecule has 0 aromatic heterocycles. The molecule has 0 aromatic rings. The zero-order valence-electron chi connectivity index (χ0n) is 23.7. The first-order chi connectivity index (χ1) is 16.3. The molecule has 0 spiro atoms. The molecule has 0 amide bonds. The molecule has 0 aromatic carbocycles. The summed E-state index contributed by atoms with van der Waals surface area (Å²) in [5.41, 5.74) is 0. The predicted octanol–water partition coefficient (Wildman–Crippen LogP) is 9.62.